The Labute approximate surface area is 177 Å². The van der Waals surface area contributed by atoms with E-state index >= 15 is 0 Å². The first-order chi connectivity index (χ1) is 14.7. The van der Waals surface area contributed by atoms with Crippen LogP contribution in [-0.2, 0) is 0 Å². The van der Waals surface area contributed by atoms with Crippen molar-refractivity contribution in [3.8, 4) is 0 Å². The molecule has 2 aliphatic rings. The summed E-state index contributed by atoms with van der Waals surface area (Å²) in [5, 5.41) is 14.1. The van der Waals surface area contributed by atoms with Gasteiger partial charge in [0.2, 0.25) is 0 Å². The van der Waals surface area contributed by atoms with Gasteiger partial charge in [-0.15, -0.1) is 0 Å². The maximum absolute atomic E-state index is 11.8. The third-order valence-electron chi connectivity index (χ3n) is 7.04. The van der Waals surface area contributed by atoms with Gasteiger partial charge in [-0.3, -0.25) is 4.79 Å². The molecule has 0 spiro atoms. The maximum Gasteiger partial charge on any atom is 0.251 e. The Morgan fingerprint density at radius 1 is 1.03 bits per heavy atom. The molecule has 1 amide bonds. The van der Waals surface area contributed by atoms with Gasteiger partial charge in [-0.1, -0.05) is 18.2 Å². The predicted octanol–water partition coefficient (Wildman–Crippen LogP) is 4.58. The standard InChI is InChI=1S/C25H29N3O2/c1-26-25(30)20-10-4-17(5-11-20)16-2-8-19(9-3-16)24(29)23-22(18-6-7-18)13-12-21-14-27-15-28(21)23/h4-5,10-16,18-19,24,29H,2-3,6-9H2,1H3,(H,26,30)/t16?,19?,24-/m0/s1. The average molecular weight is 404 g/mol. The minimum atomic E-state index is -0.449. The van der Waals surface area contributed by atoms with Crippen molar-refractivity contribution >= 4 is 11.4 Å². The second-order valence-electron chi connectivity index (χ2n) is 8.89. The number of aliphatic hydroxyl groups is 1. The molecule has 2 N–H and O–H groups in total. The van der Waals surface area contributed by atoms with Crippen molar-refractivity contribution in [2.45, 2.75) is 56.5 Å². The van der Waals surface area contributed by atoms with Gasteiger partial charge in [-0.05, 0) is 85.6 Å². The highest BCUT2D eigenvalue weighted by Gasteiger charge is 2.34. The van der Waals surface area contributed by atoms with Gasteiger partial charge in [0.25, 0.3) is 5.91 Å². The van der Waals surface area contributed by atoms with E-state index in [2.05, 4.69) is 39.0 Å². The molecule has 0 saturated heterocycles. The Morgan fingerprint density at radius 2 is 1.73 bits per heavy atom. The van der Waals surface area contributed by atoms with Crippen LogP contribution >= 0.6 is 0 Å². The molecule has 0 radical (unpaired) electrons. The molecule has 30 heavy (non-hydrogen) atoms. The third-order valence-corrected chi connectivity index (χ3v) is 7.04. The smallest absolute Gasteiger partial charge is 0.251 e. The zero-order valence-corrected chi connectivity index (χ0v) is 17.4. The molecule has 1 aromatic carbocycles. The van der Waals surface area contributed by atoms with Crippen LogP contribution in [0.25, 0.3) is 5.52 Å². The number of aliphatic hydroxyl groups excluding tert-OH is 1. The number of benzene rings is 1. The van der Waals surface area contributed by atoms with E-state index in [1.54, 1.807) is 7.05 Å². The zero-order chi connectivity index (χ0) is 20.7. The molecule has 2 heterocycles. The molecular weight excluding hydrogens is 374 g/mol. The second kappa shape index (κ2) is 7.88. The minimum absolute atomic E-state index is 0.0477. The number of hydrogen-bond acceptors (Lipinski definition) is 3. The van der Waals surface area contributed by atoms with Crippen molar-refractivity contribution in [2.24, 2.45) is 5.92 Å². The lowest BCUT2D eigenvalue weighted by atomic mass is 9.75. The Bertz CT molecular complexity index is 1040. The molecule has 1 atom stereocenters. The summed E-state index contributed by atoms with van der Waals surface area (Å²) in [5.41, 5.74) is 5.42. The first-order valence-corrected chi connectivity index (χ1v) is 11.1. The summed E-state index contributed by atoms with van der Waals surface area (Å²) >= 11 is 0. The van der Waals surface area contributed by atoms with Crippen LogP contribution in [-0.4, -0.2) is 27.4 Å². The van der Waals surface area contributed by atoms with E-state index in [4.69, 9.17) is 0 Å². The van der Waals surface area contributed by atoms with Crippen molar-refractivity contribution in [1.82, 2.24) is 14.7 Å². The minimum Gasteiger partial charge on any atom is -0.387 e. The lowest BCUT2D eigenvalue weighted by Crippen LogP contribution is -2.22. The van der Waals surface area contributed by atoms with Crippen LogP contribution in [0.1, 0.15) is 83.6 Å². The summed E-state index contributed by atoms with van der Waals surface area (Å²) in [6, 6.07) is 12.3. The predicted molar refractivity (Wildman–Crippen MR) is 117 cm³/mol. The molecule has 5 rings (SSSR count). The van der Waals surface area contributed by atoms with Gasteiger partial charge in [-0.25, -0.2) is 4.98 Å². The van der Waals surface area contributed by atoms with E-state index in [1.165, 1.54) is 24.0 Å². The van der Waals surface area contributed by atoms with E-state index < -0.39 is 6.10 Å². The molecule has 156 valence electrons. The number of nitrogens with one attached hydrogen (secondary N) is 1. The van der Waals surface area contributed by atoms with Crippen LogP contribution in [0.5, 0.6) is 0 Å². The van der Waals surface area contributed by atoms with Gasteiger partial charge in [-0.2, -0.15) is 0 Å². The summed E-state index contributed by atoms with van der Waals surface area (Å²) in [4.78, 5) is 16.1. The molecule has 5 heteroatoms. The number of imidazole rings is 1. The molecule has 0 aliphatic heterocycles. The first-order valence-electron chi connectivity index (χ1n) is 11.1. The molecule has 2 aromatic heterocycles. The number of fused-ring (bicyclic) bond motifs is 1. The molecule has 5 nitrogen and oxygen atoms in total. The van der Waals surface area contributed by atoms with Crippen LogP contribution in [0.15, 0.2) is 48.9 Å². The number of aromatic nitrogens is 2. The first kappa shape index (κ1) is 19.3. The highest BCUT2D eigenvalue weighted by Crippen LogP contribution is 2.47. The summed E-state index contributed by atoms with van der Waals surface area (Å²) in [6.07, 6.45) is 9.87. The number of pyridine rings is 1. The monoisotopic (exact) mass is 403 g/mol. The van der Waals surface area contributed by atoms with Gasteiger partial charge < -0.3 is 14.8 Å². The van der Waals surface area contributed by atoms with Gasteiger partial charge >= 0.3 is 0 Å². The number of carbonyl (C=O) groups is 1. The molecule has 3 aromatic rings. The number of amides is 1. The quantitative estimate of drug-likeness (QED) is 0.655. The van der Waals surface area contributed by atoms with Crippen LogP contribution < -0.4 is 5.32 Å². The second-order valence-corrected chi connectivity index (χ2v) is 8.89. The Balaban J connectivity index is 1.31. The number of nitrogens with zero attached hydrogens (tertiary/aromatic N) is 2. The van der Waals surface area contributed by atoms with Crippen molar-refractivity contribution in [3.63, 3.8) is 0 Å². The van der Waals surface area contributed by atoms with Crippen LogP contribution in [0.4, 0.5) is 0 Å². The average Bonchev–Trinajstić information content (AvgIpc) is 3.54. The topological polar surface area (TPSA) is 66.6 Å². The lowest BCUT2D eigenvalue weighted by molar-refractivity contribution is 0.0754. The summed E-state index contributed by atoms with van der Waals surface area (Å²) in [6.45, 7) is 0. The molecule has 0 unspecified atom stereocenters. The summed E-state index contributed by atoms with van der Waals surface area (Å²) in [5.74, 6) is 1.32. The zero-order valence-electron chi connectivity index (χ0n) is 17.4. The fraction of sp³-hybridized carbons (Fsp3) is 0.440. The third kappa shape index (κ3) is 3.52. The Morgan fingerprint density at radius 3 is 2.40 bits per heavy atom. The van der Waals surface area contributed by atoms with Gasteiger partial charge in [0, 0.05) is 12.6 Å². The molecule has 2 aliphatic carbocycles. The molecule has 0 bridgehead atoms. The summed E-state index contributed by atoms with van der Waals surface area (Å²) < 4.78 is 2.10. The lowest BCUT2D eigenvalue weighted by Gasteiger charge is -2.33. The van der Waals surface area contributed by atoms with Gasteiger partial charge in [0.05, 0.1) is 29.8 Å². The van der Waals surface area contributed by atoms with Gasteiger partial charge in [0.15, 0.2) is 0 Å². The molecular formula is C25H29N3O2. The van der Waals surface area contributed by atoms with Crippen molar-refractivity contribution in [3.05, 3.63) is 71.3 Å². The van der Waals surface area contributed by atoms with E-state index in [-0.39, 0.29) is 11.8 Å². The van der Waals surface area contributed by atoms with Crippen LogP contribution in [0.3, 0.4) is 0 Å². The van der Waals surface area contributed by atoms with E-state index in [0.29, 0.717) is 17.4 Å². The Hall–Kier alpha value is -2.66. The van der Waals surface area contributed by atoms with Crippen molar-refractivity contribution in [1.29, 1.82) is 0 Å². The van der Waals surface area contributed by atoms with E-state index in [0.717, 1.165) is 36.9 Å². The van der Waals surface area contributed by atoms with Gasteiger partial charge in [0.1, 0.15) is 0 Å². The number of carbonyl (C=O) groups excluding carboxylic acids is 1. The maximum atomic E-state index is 11.8. The number of hydrogen-bond donors (Lipinski definition) is 2. The van der Waals surface area contributed by atoms with Crippen LogP contribution in [0, 0.1) is 5.92 Å². The largest absolute Gasteiger partial charge is 0.387 e. The van der Waals surface area contributed by atoms with Crippen molar-refractivity contribution < 1.29 is 9.90 Å². The summed E-state index contributed by atoms with van der Waals surface area (Å²) in [7, 11) is 1.65. The highest BCUT2D eigenvalue weighted by molar-refractivity contribution is 5.93. The Kier molecular flexibility index (Phi) is 5.07. The fourth-order valence-electron chi connectivity index (χ4n) is 5.12. The van der Waals surface area contributed by atoms with Crippen LogP contribution in [0.2, 0.25) is 0 Å². The van der Waals surface area contributed by atoms with E-state index in [9.17, 15) is 9.90 Å². The number of rotatable bonds is 5. The normalized spacial score (nSPS) is 22.7. The SMILES string of the molecule is CNC(=O)c1ccc(C2CCC([C@H](O)c3c(C4CC4)ccc4cncn34)CC2)cc1. The van der Waals surface area contributed by atoms with E-state index in [1.807, 2.05) is 24.7 Å². The fourth-order valence-corrected chi connectivity index (χ4v) is 5.12. The highest BCUT2D eigenvalue weighted by atomic mass is 16.3. The molecule has 2 saturated carbocycles. The molecule has 2 fully saturated rings. The van der Waals surface area contributed by atoms with Crippen molar-refractivity contribution in [2.75, 3.05) is 7.05 Å².